The van der Waals surface area contributed by atoms with Crippen molar-refractivity contribution in [3.8, 4) is 5.75 Å². The number of hydrogen-bond donors (Lipinski definition) is 2. The third-order valence-corrected chi connectivity index (χ3v) is 4.94. The highest BCUT2D eigenvalue weighted by Crippen LogP contribution is 2.17. The Bertz CT molecular complexity index is 935. The zero-order valence-corrected chi connectivity index (χ0v) is 15.9. The summed E-state index contributed by atoms with van der Waals surface area (Å²) in [4.78, 5) is 23.2. The van der Waals surface area contributed by atoms with E-state index in [0.717, 1.165) is 6.26 Å². The largest absolute Gasteiger partial charge is 0.494 e. The van der Waals surface area contributed by atoms with Crippen LogP contribution in [0.25, 0.3) is 0 Å². The molecule has 0 bridgehead atoms. The Kier molecular flexibility index (Phi) is 6.57. The first-order chi connectivity index (χ1) is 12.7. The summed E-state index contributed by atoms with van der Waals surface area (Å²) in [6, 6.07) is 10.7. The standard InChI is InChI=1S/C19H21NO6S/c1-13-12-14(5-10-17(13)19(22)23)20-18(21)4-3-11-26-15-6-8-16(9-7-15)27(2,24)25/h5-10,12H,3-4,11H2,1-2H3,(H,20,21)(H,22,23). The van der Waals surface area contributed by atoms with E-state index in [9.17, 15) is 18.0 Å². The molecular formula is C19H21NO6S. The van der Waals surface area contributed by atoms with Crippen LogP contribution >= 0.6 is 0 Å². The van der Waals surface area contributed by atoms with Gasteiger partial charge in [0.25, 0.3) is 0 Å². The van der Waals surface area contributed by atoms with Gasteiger partial charge in [0.2, 0.25) is 5.91 Å². The molecule has 0 aromatic heterocycles. The van der Waals surface area contributed by atoms with Gasteiger partial charge in [0.1, 0.15) is 5.75 Å². The molecule has 0 heterocycles. The molecule has 0 unspecified atom stereocenters. The van der Waals surface area contributed by atoms with E-state index in [1.54, 1.807) is 31.2 Å². The number of nitrogens with one attached hydrogen (secondary N) is 1. The van der Waals surface area contributed by atoms with E-state index in [0.29, 0.717) is 30.0 Å². The zero-order valence-electron chi connectivity index (χ0n) is 15.1. The summed E-state index contributed by atoms with van der Waals surface area (Å²) in [5.41, 5.74) is 1.31. The van der Waals surface area contributed by atoms with E-state index in [-0.39, 0.29) is 22.8 Å². The van der Waals surface area contributed by atoms with Crippen molar-refractivity contribution in [3.63, 3.8) is 0 Å². The fourth-order valence-corrected chi connectivity index (χ4v) is 3.04. The monoisotopic (exact) mass is 391 g/mol. The second-order valence-corrected chi connectivity index (χ2v) is 8.09. The van der Waals surface area contributed by atoms with Crippen LogP contribution < -0.4 is 10.1 Å². The second-order valence-electron chi connectivity index (χ2n) is 6.08. The first kappa shape index (κ1) is 20.4. The van der Waals surface area contributed by atoms with Crippen molar-refractivity contribution >= 4 is 27.4 Å². The highest BCUT2D eigenvalue weighted by molar-refractivity contribution is 7.90. The smallest absolute Gasteiger partial charge is 0.335 e. The van der Waals surface area contributed by atoms with Crippen LogP contribution in [0.15, 0.2) is 47.4 Å². The number of carboxylic acids is 1. The molecule has 2 rings (SSSR count). The number of aryl methyl sites for hydroxylation is 1. The Labute approximate surface area is 157 Å². The van der Waals surface area contributed by atoms with E-state index in [2.05, 4.69) is 5.32 Å². The lowest BCUT2D eigenvalue weighted by molar-refractivity contribution is -0.116. The van der Waals surface area contributed by atoms with Crippen molar-refractivity contribution in [1.82, 2.24) is 0 Å². The molecule has 0 saturated heterocycles. The quantitative estimate of drug-likeness (QED) is 0.670. The van der Waals surface area contributed by atoms with Crippen LogP contribution in [0.5, 0.6) is 5.75 Å². The minimum atomic E-state index is -3.24. The molecule has 2 N–H and O–H groups in total. The lowest BCUT2D eigenvalue weighted by Gasteiger charge is -2.09. The second kappa shape index (κ2) is 8.68. The molecule has 2 aromatic carbocycles. The number of carbonyl (C=O) groups is 2. The van der Waals surface area contributed by atoms with Gasteiger partial charge in [0.15, 0.2) is 9.84 Å². The summed E-state index contributed by atoms with van der Waals surface area (Å²) in [6.45, 7) is 1.98. The molecule has 0 saturated carbocycles. The number of hydrogen-bond acceptors (Lipinski definition) is 5. The van der Waals surface area contributed by atoms with E-state index >= 15 is 0 Å². The van der Waals surface area contributed by atoms with E-state index in [1.165, 1.54) is 18.2 Å². The molecule has 0 aliphatic carbocycles. The van der Waals surface area contributed by atoms with Crippen molar-refractivity contribution < 1.29 is 27.9 Å². The number of ether oxygens (including phenoxy) is 1. The maximum atomic E-state index is 12.0. The predicted molar refractivity (Wildman–Crippen MR) is 101 cm³/mol. The van der Waals surface area contributed by atoms with Crippen molar-refractivity contribution in [2.45, 2.75) is 24.7 Å². The van der Waals surface area contributed by atoms with Gasteiger partial charge in [-0.1, -0.05) is 0 Å². The topological polar surface area (TPSA) is 110 Å². The number of carboxylic acid groups (broad SMARTS) is 1. The maximum absolute atomic E-state index is 12.0. The Hall–Kier alpha value is -2.87. The molecule has 144 valence electrons. The number of rotatable bonds is 8. The fourth-order valence-electron chi connectivity index (χ4n) is 2.41. The lowest BCUT2D eigenvalue weighted by atomic mass is 10.1. The van der Waals surface area contributed by atoms with Gasteiger partial charge >= 0.3 is 5.97 Å². The highest BCUT2D eigenvalue weighted by atomic mass is 32.2. The first-order valence-corrected chi connectivity index (χ1v) is 10.1. The van der Waals surface area contributed by atoms with Gasteiger partial charge in [-0.3, -0.25) is 4.79 Å². The molecule has 0 atom stereocenters. The normalized spacial score (nSPS) is 11.0. The van der Waals surface area contributed by atoms with Gasteiger partial charge < -0.3 is 15.2 Å². The number of anilines is 1. The number of amides is 1. The average molecular weight is 391 g/mol. The molecule has 0 fully saturated rings. The third kappa shape index (κ3) is 6.10. The molecule has 7 nitrogen and oxygen atoms in total. The van der Waals surface area contributed by atoms with Crippen molar-refractivity contribution in [2.75, 3.05) is 18.2 Å². The van der Waals surface area contributed by atoms with Crippen molar-refractivity contribution in [2.24, 2.45) is 0 Å². The van der Waals surface area contributed by atoms with Crippen molar-refractivity contribution in [1.29, 1.82) is 0 Å². The number of aromatic carboxylic acids is 1. The van der Waals surface area contributed by atoms with Crippen LogP contribution in [0.4, 0.5) is 5.69 Å². The van der Waals surface area contributed by atoms with Crippen LogP contribution in [0.1, 0.15) is 28.8 Å². The van der Waals surface area contributed by atoms with Crippen LogP contribution in [-0.4, -0.2) is 38.3 Å². The molecular weight excluding hydrogens is 370 g/mol. The Morgan fingerprint density at radius 2 is 1.78 bits per heavy atom. The van der Waals surface area contributed by atoms with Gasteiger partial charge in [-0.2, -0.15) is 0 Å². The Balaban J connectivity index is 1.78. The zero-order chi connectivity index (χ0) is 20.0. The molecule has 1 amide bonds. The summed E-state index contributed by atoms with van der Waals surface area (Å²) >= 11 is 0. The molecule has 0 radical (unpaired) electrons. The fraction of sp³-hybridized carbons (Fsp3) is 0.263. The lowest BCUT2D eigenvalue weighted by Crippen LogP contribution is -2.13. The average Bonchev–Trinajstić information content (AvgIpc) is 2.58. The SMILES string of the molecule is Cc1cc(NC(=O)CCCOc2ccc(S(C)(=O)=O)cc2)ccc1C(=O)O. The van der Waals surface area contributed by atoms with Gasteiger partial charge in [-0.25, -0.2) is 13.2 Å². The Morgan fingerprint density at radius 3 is 2.33 bits per heavy atom. The van der Waals surface area contributed by atoms with Gasteiger partial charge in [-0.05, 0) is 61.4 Å². The van der Waals surface area contributed by atoms with Crippen LogP contribution in [0, 0.1) is 6.92 Å². The molecule has 0 spiro atoms. The number of benzene rings is 2. The molecule has 27 heavy (non-hydrogen) atoms. The van der Waals surface area contributed by atoms with Crippen LogP contribution in [0.3, 0.4) is 0 Å². The predicted octanol–water partition coefficient (Wildman–Crippen LogP) is 2.89. The number of sulfone groups is 1. The minimum absolute atomic E-state index is 0.197. The number of carbonyl (C=O) groups excluding carboxylic acids is 1. The first-order valence-electron chi connectivity index (χ1n) is 8.23. The molecule has 8 heteroatoms. The van der Waals surface area contributed by atoms with Gasteiger partial charge in [0, 0.05) is 18.4 Å². The molecule has 0 aliphatic rings. The minimum Gasteiger partial charge on any atom is -0.494 e. The molecule has 0 aliphatic heterocycles. The summed E-state index contributed by atoms with van der Waals surface area (Å²) in [6.07, 6.45) is 1.85. The molecule has 2 aromatic rings. The summed E-state index contributed by atoms with van der Waals surface area (Å²) in [5.74, 6) is -0.678. The van der Waals surface area contributed by atoms with Crippen LogP contribution in [-0.2, 0) is 14.6 Å². The van der Waals surface area contributed by atoms with Gasteiger partial charge in [0.05, 0.1) is 17.1 Å². The van der Waals surface area contributed by atoms with E-state index < -0.39 is 15.8 Å². The van der Waals surface area contributed by atoms with E-state index in [4.69, 9.17) is 9.84 Å². The van der Waals surface area contributed by atoms with Gasteiger partial charge in [-0.15, -0.1) is 0 Å². The Morgan fingerprint density at radius 1 is 1.11 bits per heavy atom. The van der Waals surface area contributed by atoms with Crippen LogP contribution in [0.2, 0.25) is 0 Å². The summed E-state index contributed by atoms with van der Waals surface area (Å²) < 4.78 is 28.3. The summed E-state index contributed by atoms with van der Waals surface area (Å²) in [5, 5.41) is 11.7. The maximum Gasteiger partial charge on any atom is 0.335 e. The van der Waals surface area contributed by atoms with Crippen molar-refractivity contribution in [3.05, 3.63) is 53.6 Å². The summed E-state index contributed by atoms with van der Waals surface area (Å²) in [7, 11) is -3.24. The third-order valence-electron chi connectivity index (χ3n) is 3.81. The van der Waals surface area contributed by atoms with E-state index in [1.807, 2.05) is 0 Å². The highest BCUT2D eigenvalue weighted by Gasteiger charge is 2.09.